The molecular formula is C62H98N6O18. The molecule has 2 unspecified atom stereocenters. The second-order valence-corrected chi connectivity index (χ2v) is 25.4. The van der Waals surface area contributed by atoms with E-state index in [0.717, 1.165) is 19.2 Å². The van der Waals surface area contributed by atoms with Gasteiger partial charge in [-0.25, -0.2) is 9.78 Å². The van der Waals surface area contributed by atoms with Gasteiger partial charge in [-0.3, -0.25) is 24.1 Å². The van der Waals surface area contributed by atoms with Crippen LogP contribution in [0.4, 0.5) is 4.79 Å². The van der Waals surface area contributed by atoms with Gasteiger partial charge in [-0.05, 0) is 92.1 Å². The topological polar surface area (TPSA) is 296 Å². The van der Waals surface area contributed by atoms with Gasteiger partial charge in [0.05, 0.1) is 60.5 Å². The van der Waals surface area contributed by atoms with Crippen molar-refractivity contribution < 1.29 is 81.6 Å². The number of nitrogens with one attached hydrogen (secondary N) is 3. The number of ether oxygens (including phenoxy) is 10. The van der Waals surface area contributed by atoms with Crippen molar-refractivity contribution in [2.24, 2.45) is 40.7 Å². The van der Waals surface area contributed by atoms with E-state index in [2.05, 4.69) is 49.7 Å². The van der Waals surface area contributed by atoms with Gasteiger partial charge in [0.25, 0.3) is 11.5 Å². The number of ketones is 1. The maximum atomic E-state index is 15.5. The van der Waals surface area contributed by atoms with Crippen LogP contribution in [0.1, 0.15) is 132 Å². The largest absolute Gasteiger partial charge is 0.461 e. The molecule has 4 saturated heterocycles. The number of aromatic amines is 1. The third-order valence-corrected chi connectivity index (χ3v) is 17.3. The molecule has 2 aromatic rings. The van der Waals surface area contributed by atoms with Crippen LogP contribution in [0.25, 0.3) is 0 Å². The van der Waals surface area contributed by atoms with Crippen molar-refractivity contribution in [3.63, 3.8) is 0 Å². The quantitative estimate of drug-likeness (QED) is 0.0875. The van der Waals surface area contributed by atoms with Crippen molar-refractivity contribution in [1.29, 1.82) is 0 Å². The number of carbonyl (C=O) groups excluding carboxylic acids is 4. The molecule has 24 heteroatoms. The fourth-order valence-electron chi connectivity index (χ4n) is 12.6. The molecule has 0 bridgehead atoms. The van der Waals surface area contributed by atoms with Crippen LogP contribution in [0, 0.1) is 35.5 Å². The molecule has 484 valence electrons. The highest BCUT2D eigenvalue weighted by Gasteiger charge is 2.51. The summed E-state index contributed by atoms with van der Waals surface area (Å²) in [5.74, 6) is -6.06. The third-order valence-electron chi connectivity index (χ3n) is 17.3. The number of aliphatic hydroxyl groups excluding tert-OH is 2. The number of rotatable bonds is 19. The van der Waals surface area contributed by atoms with Crippen molar-refractivity contribution in [3.8, 4) is 0 Å². The highest BCUT2D eigenvalue weighted by molar-refractivity contribution is 5.92. The molecule has 1 aromatic carbocycles. The SMILES string of the molecule is CON=C1C[C@@H](C)O[C@@H](O[C@@H]2[C@@H](C)[C@H](O[C@H]3CC(C)N(CCc4ccccc4)C[C@H](C)O3)[C@@H](C)C(=O)O[C@@H](C(C)CO[C@@H]3O[C@H](C)[C@@H](O)[C@@H](OC)[C@H]3OC)[C@@H](C)C[C@@H](C)C(=O)[C@@](C)(OC(=O)NC(C)(C)CNC(=O)c3c[nH]c(=O)cn3)C[C@@H]2C)[C@@H]1O. The molecule has 1 aromatic heterocycles. The van der Waals surface area contributed by atoms with Crippen LogP contribution in [-0.2, 0) is 68.2 Å². The minimum Gasteiger partial charge on any atom is -0.461 e. The Labute approximate surface area is 506 Å². The van der Waals surface area contributed by atoms with E-state index in [-0.39, 0.29) is 56.0 Å². The number of cyclic esters (lactones) is 1. The second kappa shape index (κ2) is 31.5. The van der Waals surface area contributed by atoms with E-state index in [1.54, 1.807) is 41.5 Å². The number of alkyl carbamates (subject to hydrolysis) is 1. The van der Waals surface area contributed by atoms with Gasteiger partial charge >= 0.3 is 12.1 Å². The molecular weight excluding hydrogens is 1120 g/mol. The average Bonchev–Trinajstić information content (AvgIpc) is 1.47. The van der Waals surface area contributed by atoms with Crippen LogP contribution in [0.3, 0.4) is 0 Å². The van der Waals surface area contributed by atoms with Gasteiger partial charge in [-0.1, -0.05) is 70.1 Å². The summed E-state index contributed by atoms with van der Waals surface area (Å²) >= 11 is 0. The number of esters is 1. The molecule has 21 atom stereocenters. The Morgan fingerprint density at radius 1 is 0.884 bits per heavy atom. The zero-order valence-electron chi connectivity index (χ0n) is 53.2. The number of aliphatic hydroxyl groups is 2. The smallest absolute Gasteiger partial charge is 0.408 e. The Morgan fingerprint density at radius 2 is 1.58 bits per heavy atom. The summed E-state index contributed by atoms with van der Waals surface area (Å²) in [4.78, 5) is 83.8. The molecule has 0 spiro atoms. The van der Waals surface area contributed by atoms with E-state index in [1.807, 2.05) is 59.7 Å². The molecule has 4 aliphatic heterocycles. The Kier molecular flexibility index (Phi) is 25.6. The zero-order chi connectivity index (χ0) is 63.4. The lowest BCUT2D eigenvalue weighted by atomic mass is 9.75. The summed E-state index contributed by atoms with van der Waals surface area (Å²) in [6.07, 6.45) is -8.81. The highest BCUT2D eigenvalue weighted by Crippen LogP contribution is 2.40. The van der Waals surface area contributed by atoms with E-state index in [1.165, 1.54) is 33.1 Å². The van der Waals surface area contributed by atoms with Gasteiger partial charge in [0.1, 0.15) is 43.3 Å². The Balaban J connectivity index is 1.40. The van der Waals surface area contributed by atoms with Gasteiger partial charge in [0.15, 0.2) is 30.3 Å². The maximum absolute atomic E-state index is 15.5. The van der Waals surface area contributed by atoms with Crippen LogP contribution in [-0.4, -0.2) is 199 Å². The number of benzene rings is 1. The number of hydrogen-bond donors (Lipinski definition) is 5. The fourth-order valence-corrected chi connectivity index (χ4v) is 12.6. The van der Waals surface area contributed by atoms with Gasteiger partial charge in [-0.15, -0.1) is 0 Å². The number of carbonyl (C=O) groups is 4. The number of Topliss-reactive ketones (excluding diaryl/α,β-unsaturated/α-hetero) is 1. The number of H-pyrrole nitrogens is 1. The first-order chi connectivity index (χ1) is 40.6. The van der Waals surface area contributed by atoms with E-state index in [9.17, 15) is 24.6 Å². The number of aromatic nitrogens is 2. The molecule has 0 radical (unpaired) electrons. The molecule has 2 amide bonds. The molecule has 5 N–H and O–H groups in total. The number of hydrogen-bond acceptors (Lipinski definition) is 21. The normalized spacial score (nSPS) is 36.4. The Bertz CT molecular complexity index is 2580. The van der Waals surface area contributed by atoms with Gasteiger partial charge < -0.3 is 78.0 Å². The zero-order valence-corrected chi connectivity index (χ0v) is 53.2. The number of methoxy groups -OCH3 is 2. The number of amides is 2. The Hall–Kier alpha value is -4.99. The van der Waals surface area contributed by atoms with Crippen molar-refractivity contribution in [2.45, 2.75) is 219 Å². The highest BCUT2D eigenvalue weighted by atomic mass is 16.7. The molecule has 0 aliphatic carbocycles. The molecule has 86 heavy (non-hydrogen) atoms. The molecule has 0 saturated carbocycles. The summed E-state index contributed by atoms with van der Waals surface area (Å²) in [5, 5.41) is 32.5. The van der Waals surface area contributed by atoms with Crippen LogP contribution in [0.5, 0.6) is 0 Å². The first-order valence-electron chi connectivity index (χ1n) is 30.4. The second-order valence-electron chi connectivity index (χ2n) is 25.4. The lowest BCUT2D eigenvalue weighted by Gasteiger charge is -2.44. The fraction of sp³-hybridized carbons (Fsp3) is 0.758. The summed E-state index contributed by atoms with van der Waals surface area (Å²) < 4.78 is 64.4. The van der Waals surface area contributed by atoms with E-state index < -0.39 is 150 Å². The molecule has 4 aliphatic rings. The van der Waals surface area contributed by atoms with Gasteiger partial charge in [0.2, 0.25) is 0 Å². The lowest BCUT2D eigenvalue weighted by molar-refractivity contribution is -0.305. The minimum absolute atomic E-state index is 0.0187. The molecule has 5 heterocycles. The number of oxime groups is 1. The predicted octanol–water partition coefficient (Wildman–Crippen LogP) is 5.34. The predicted molar refractivity (Wildman–Crippen MR) is 316 cm³/mol. The van der Waals surface area contributed by atoms with Crippen LogP contribution < -0.4 is 16.2 Å². The van der Waals surface area contributed by atoms with Gasteiger partial charge in [-0.2, -0.15) is 0 Å². The van der Waals surface area contributed by atoms with Gasteiger partial charge in [0, 0.05) is 76.7 Å². The number of nitrogens with zero attached hydrogens (tertiary/aromatic N) is 3. The van der Waals surface area contributed by atoms with Crippen LogP contribution in [0.2, 0.25) is 0 Å². The first-order valence-corrected chi connectivity index (χ1v) is 30.4. The summed E-state index contributed by atoms with van der Waals surface area (Å²) in [7, 11) is 4.32. The van der Waals surface area contributed by atoms with Crippen molar-refractivity contribution >= 4 is 29.5 Å². The maximum Gasteiger partial charge on any atom is 0.408 e. The lowest BCUT2D eigenvalue weighted by Crippen LogP contribution is -2.59. The summed E-state index contributed by atoms with van der Waals surface area (Å²) in [6, 6.07) is 10.3. The minimum atomic E-state index is -1.89. The average molecular weight is 1220 g/mol. The Morgan fingerprint density at radius 3 is 2.23 bits per heavy atom. The van der Waals surface area contributed by atoms with Crippen molar-refractivity contribution in [1.82, 2.24) is 25.5 Å². The van der Waals surface area contributed by atoms with E-state index in [0.29, 0.717) is 13.0 Å². The third kappa shape index (κ3) is 18.5. The molecule has 24 nitrogen and oxygen atoms in total. The van der Waals surface area contributed by atoms with Crippen molar-refractivity contribution in [2.75, 3.05) is 47.6 Å². The summed E-state index contributed by atoms with van der Waals surface area (Å²) in [6.45, 7) is 24.7. The molecule has 6 rings (SSSR count). The first kappa shape index (κ1) is 70.1. The van der Waals surface area contributed by atoms with E-state index in [4.69, 9.17) is 52.2 Å². The van der Waals surface area contributed by atoms with Crippen LogP contribution in [0.15, 0.2) is 52.7 Å². The standard InChI is InChI=1S/C62H98N6O18/c1-33-24-34(2)55(72)62(13,86-60(75)66-61(11,12)32-65-56(73)45-28-64-46(69)29-63-45)27-35(3)51(85-58-49(71)44(67-78-16)26-38(6)81-58)40(8)52(83-47-25-37(5)68(30-39(7)80-47)23-22-43-20-18-17-19-21-43)41(9)57(74)84-50(33)36(4)31-79-59-54(77-15)53(76-14)48(70)42(10)82-59/h17-21,28-29,33-42,47-54,58-59,70-71H,22-27,30-32H2,1-16H3,(H,64,69)(H,65,73)(H,66,75)/t33-,34+,35-,36?,37?,38+,39-,40+,41+,42+,47-,48+,49+,50+,51-,52-,53+,54+,58-,59+,62-/m0/s1. The van der Waals surface area contributed by atoms with E-state index >= 15 is 9.59 Å². The van der Waals surface area contributed by atoms with Crippen LogP contribution >= 0.6 is 0 Å². The van der Waals surface area contributed by atoms with Crippen molar-refractivity contribution in [3.05, 3.63) is 64.3 Å². The summed E-state index contributed by atoms with van der Waals surface area (Å²) in [5.41, 5.74) is -2.08. The molecule has 4 fully saturated rings. The monoisotopic (exact) mass is 1210 g/mol.